The van der Waals surface area contributed by atoms with Crippen molar-refractivity contribution in [1.82, 2.24) is 26.6 Å². The van der Waals surface area contributed by atoms with Crippen LogP contribution in [0.5, 0.6) is 0 Å². The number of primary amides is 1. The number of aliphatic hydroxyl groups excluding tert-OH is 1. The third-order valence-electron chi connectivity index (χ3n) is 12.3. The van der Waals surface area contributed by atoms with Crippen molar-refractivity contribution in [3.8, 4) is 0 Å². The highest BCUT2D eigenvalue weighted by Gasteiger charge is 2.58. The van der Waals surface area contributed by atoms with Gasteiger partial charge >= 0.3 is 18.1 Å². The molecule has 0 aliphatic carbocycles. The summed E-state index contributed by atoms with van der Waals surface area (Å²) in [4.78, 5) is 85.8. The van der Waals surface area contributed by atoms with Gasteiger partial charge in [0.2, 0.25) is 23.6 Å². The van der Waals surface area contributed by atoms with E-state index in [0.717, 1.165) is 12.0 Å². The number of anilines is 1. The highest BCUT2D eigenvalue weighted by molar-refractivity contribution is 5.98. The third kappa shape index (κ3) is 19.1. The van der Waals surface area contributed by atoms with Gasteiger partial charge < -0.3 is 72.2 Å². The van der Waals surface area contributed by atoms with E-state index in [1.807, 2.05) is 19.9 Å². The van der Waals surface area contributed by atoms with Crippen LogP contribution >= 0.6 is 0 Å². The first-order valence-electron chi connectivity index (χ1n) is 23.9. The van der Waals surface area contributed by atoms with E-state index in [0.29, 0.717) is 37.1 Å². The van der Waals surface area contributed by atoms with E-state index in [1.54, 1.807) is 51.1 Å². The molecule has 3 fully saturated rings. The fraction of sp³-hybridized carbons (Fsp3) is 0.612. The number of nitrogens with one attached hydrogen (secondary N) is 6. The number of epoxide rings is 1. The fourth-order valence-corrected chi connectivity index (χ4v) is 8.00. The second kappa shape index (κ2) is 27.5. The summed E-state index contributed by atoms with van der Waals surface area (Å²) in [5, 5.41) is 27.4. The summed E-state index contributed by atoms with van der Waals surface area (Å²) in [6.07, 6.45) is 7.29. The standard InChI is InChI=1S/C49H74N8O13/c1-28(2)43(50)46(63)57-37(9-8-20-53-47(51)64)45(62)55-35-15-13-34(14-16-35)26-66-48(65)54-22-21-52-42(60)24-36-25-49(27-67-49)44(61)40(70-36)18-11-29(3)10-17-39-30(4)23-38(32(6)69-39)56-41(59)19-12-31(5)68-33(7)58/h10-16,18-19,28,30-32,36-40,43-44,61H,8-9,17,20-27,50H2,1-7H3,(H,52,60)(H,54,65)(H,55,62)(H,56,59)(H,57,63)(H3,51,53,64)/b18-11+,19-12-,29-10+/t30-,31-,32+,36?,37-,38+,39-,40+,43-,44+,49+/m0/s1. The van der Waals surface area contributed by atoms with Gasteiger partial charge in [-0.3, -0.25) is 24.0 Å². The Morgan fingerprint density at radius 3 is 2.30 bits per heavy atom. The molecule has 0 saturated carbocycles. The van der Waals surface area contributed by atoms with Gasteiger partial charge in [0.05, 0.1) is 43.4 Å². The number of urea groups is 1. The summed E-state index contributed by atoms with van der Waals surface area (Å²) in [5.74, 6) is -1.94. The van der Waals surface area contributed by atoms with Gasteiger partial charge in [0.15, 0.2) is 0 Å². The second-order valence-corrected chi connectivity index (χ2v) is 18.7. The molecule has 4 rings (SSSR count). The molecule has 0 aromatic heterocycles. The summed E-state index contributed by atoms with van der Waals surface area (Å²) in [6, 6.07) is 3.97. The Hall–Kier alpha value is -5.87. The zero-order valence-corrected chi connectivity index (χ0v) is 41.3. The van der Waals surface area contributed by atoms with Gasteiger partial charge in [-0.15, -0.1) is 0 Å². The van der Waals surface area contributed by atoms with Crippen molar-refractivity contribution in [3.05, 3.63) is 65.8 Å². The van der Waals surface area contributed by atoms with Crippen molar-refractivity contribution in [2.24, 2.45) is 23.3 Å². The first kappa shape index (κ1) is 56.7. The molecule has 1 aromatic carbocycles. The maximum absolute atomic E-state index is 13.1. The largest absolute Gasteiger partial charge is 0.459 e. The first-order valence-corrected chi connectivity index (χ1v) is 23.9. The van der Waals surface area contributed by atoms with Gasteiger partial charge in [-0.05, 0) is 82.1 Å². The minimum Gasteiger partial charge on any atom is -0.459 e. The number of carbonyl (C=O) groups excluding carboxylic acids is 7. The smallest absolute Gasteiger partial charge is 0.407 e. The molecule has 21 nitrogen and oxygen atoms in total. The summed E-state index contributed by atoms with van der Waals surface area (Å²) in [7, 11) is 0. The van der Waals surface area contributed by atoms with Crippen molar-refractivity contribution >= 4 is 47.4 Å². The van der Waals surface area contributed by atoms with Gasteiger partial charge in [-0.25, -0.2) is 9.59 Å². The Morgan fingerprint density at radius 1 is 0.943 bits per heavy atom. The van der Waals surface area contributed by atoms with Crippen molar-refractivity contribution in [3.63, 3.8) is 0 Å². The number of aliphatic hydroxyl groups is 1. The van der Waals surface area contributed by atoms with Crippen molar-refractivity contribution in [2.45, 2.75) is 154 Å². The summed E-state index contributed by atoms with van der Waals surface area (Å²) >= 11 is 0. The Kier molecular flexibility index (Phi) is 22.3. The van der Waals surface area contributed by atoms with Crippen LogP contribution in [0.4, 0.5) is 15.3 Å². The quantitative estimate of drug-likeness (QED) is 0.0236. The number of rotatable bonds is 24. The molecule has 388 valence electrons. The molecule has 70 heavy (non-hydrogen) atoms. The van der Waals surface area contributed by atoms with Gasteiger partial charge in [0.1, 0.15) is 36.6 Å². The number of alkyl carbamates (subject to hydrolysis) is 1. The average molecular weight is 983 g/mol. The Morgan fingerprint density at radius 2 is 1.64 bits per heavy atom. The molecule has 0 bridgehead atoms. The lowest BCUT2D eigenvalue weighted by atomic mass is 9.87. The summed E-state index contributed by atoms with van der Waals surface area (Å²) < 4.78 is 28.5. The SMILES string of the molecule is CC(=O)O[C@@H](C)/C=C\C(=O)N[C@@H]1C[C@H](C)[C@H](C/C=C(C)/C=C/[C@H]2OC(CC(=O)NCCNC(=O)OCc3ccc(NC(=O)[C@H](CCCNC(N)=O)NC(=O)[C@@H](N)C(C)C)cc3)C[C@@]3(CO3)[C@@H]2O)O[C@@H]1C. The molecule has 3 saturated heterocycles. The number of carbonyl (C=O) groups is 7. The Bertz CT molecular complexity index is 2040. The maximum Gasteiger partial charge on any atom is 0.407 e. The van der Waals surface area contributed by atoms with Gasteiger partial charge in [-0.2, -0.15) is 0 Å². The van der Waals surface area contributed by atoms with Gasteiger partial charge in [-0.1, -0.05) is 56.7 Å². The van der Waals surface area contributed by atoms with E-state index >= 15 is 0 Å². The molecule has 1 spiro atoms. The molecule has 7 amide bonds. The van der Waals surface area contributed by atoms with Crippen molar-refractivity contribution in [1.29, 1.82) is 0 Å². The molecule has 11 atom stereocenters. The van der Waals surface area contributed by atoms with E-state index in [4.69, 9.17) is 35.2 Å². The van der Waals surface area contributed by atoms with Crippen LogP contribution in [0.15, 0.2) is 60.2 Å². The molecule has 1 aromatic rings. The molecule has 11 N–H and O–H groups in total. The topological polar surface area (TPSA) is 313 Å². The molecule has 3 aliphatic rings. The highest BCUT2D eigenvalue weighted by Crippen LogP contribution is 2.43. The predicted octanol–water partition coefficient (Wildman–Crippen LogP) is 2.26. The van der Waals surface area contributed by atoms with Crippen LogP contribution in [-0.4, -0.2) is 133 Å². The van der Waals surface area contributed by atoms with Crippen LogP contribution in [0.3, 0.4) is 0 Å². The van der Waals surface area contributed by atoms with Crippen molar-refractivity contribution < 1.29 is 62.4 Å². The fourth-order valence-electron chi connectivity index (χ4n) is 8.00. The van der Waals surface area contributed by atoms with Gasteiger partial charge in [0, 0.05) is 44.7 Å². The van der Waals surface area contributed by atoms with Crippen LogP contribution in [0, 0.1) is 11.8 Å². The second-order valence-electron chi connectivity index (χ2n) is 18.7. The Balaban J connectivity index is 1.15. The lowest BCUT2D eigenvalue weighted by Crippen LogP contribution is -2.51. The predicted molar refractivity (Wildman–Crippen MR) is 258 cm³/mol. The average Bonchev–Trinajstić information content (AvgIpc) is 4.08. The number of benzene rings is 1. The Labute approximate surface area is 410 Å². The van der Waals surface area contributed by atoms with Gasteiger partial charge in [0.25, 0.3) is 0 Å². The van der Waals surface area contributed by atoms with Crippen LogP contribution in [0.25, 0.3) is 0 Å². The highest BCUT2D eigenvalue weighted by atomic mass is 16.6. The van der Waals surface area contributed by atoms with E-state index in [1.165, 1.54) is 19.1 Å². The molecule has 3 aliphatic heterocycles. The zero-order valence-electron chi connectivity index (χ0n) is 41.3. The molecule has 21 heteroatoms. The number of hydrogen-bond donors (Lipinski definition) is 9. The number of hydrogen-bond acceptors (Lipinski definition) is 14. The lowest BCUT2D eigenvalue weighted by Gasteiger charge is -2.39. The third-order valence-corrected chi connectivity index (χ3v) is 12.3. The van der Waals surface area contributed by atoms with Crippen LogP contribution < -0.4 is 43.4 Å². The number of allylic oxidation sites excluding steroid dienone is 2. The van der Waals surface area contributed by atoms with Crippen LogP contribution in [0.2, 0.25) is 0 Å². The summed E-state index contributed by atoms with van der Waals surface area (Å²) in [6.45, 7) is 13.3. The minimum atomic E-state index is -0.924. The molecule has 1 unspecified atom stereocenters. The van der Waals surface area contributed by atoms with E-state index < -0.39 is 72.0 Å². The molecule has 3 heterocycles. The number of amides is 7. The number of nitrogens with two attached hydrogens (primary N) is 2. The van der Waals surface area contributed by atoms with E-state index in [9.17, 15) is 38.7 Å². The molecular weight excluding hydrogens is 909 g/mol. The van der Waals surface area contributed by atoms with E-state index in [2.05, 4.69) is 44.9 Å². The first-order chi connectivity index (χ1) is 33.1. The monoisotopic (exact) mass is 983 g/mol. The zero-order chi connectivity index (χ0) is 51.5. The lowest BCUT2D eigenvalue weighted by molar-refractivity contribution is -0.145. The summed E-state index contributed by atoms with van der Waals surface area (Å²) in [5.41, 5.74) is 12.3. The normalized spacial score (nSPS) is 25.6. The van der Waals surface area contributed by atoms with Crippen LogP contribution in [0.1, 0.15) is 92.6 Å². The number of esters is 1. The molecular formula is C49H74N8O13. The van der Waals surface area contributed by atoms with E-state index in [-0.39, 0.29) is 81.0 Å². The minimum absolute atomic E-state index is 0.0220. The molecule has 0 radical (unpaired) electrons. The van der Waals surface area contributed by atoms with Crippen molar-refractivity contribution in [2.75, 3.05) is 31.6 Å². The number of ether oxygens (including phenoxy) is 5. The van der Waals surface area contributed by atoms with Crippen LogP contribution in [-0.2, 0) is 54.3 Å². The maximum atomic E-state index is 13.1.